The number of hydrogen-bond donors (Lipinski definition) is 2. The Morgan fingerprint density at radius 3 is 2.44 bits per heavy atom. The predicted molar refractivity (Wildman–Crippen MR) is 134 cm³/mol. The van der Waals surface area contributed by atoms with E-state index in [-0.39, 0.29) is 17.9 Å². The Hall–Kier alpha value is -3.49. The van der Waals surface area contributed by atoms with Gasteiger partial charge in [-0.15, -0.1) is 0 Å². The second-order valence-electron chi connectivity index (χ2n) is 8.80. The Kier molecular flexibility index (Phi) is 8.51. The molecule has 0 amide bonds. The summed E-state index contributed by atoms with van der Waals surface area (Å²) in [6, 6.07) is 14.1. The molecule has 0 atom stereocenters. The number of ether oxygens (including phenoxy) is 2. The third kappa shape index (κ3) is 7.02. The highest BCUT2D eigenvalue weighted by Gasteiger charge is 2.35. The zero-order chi connectivity index (χ0) is 25.4. The fourth-order valence-electron chi connectivity index (χ4n) is 4.02. The molecule has 1 aliphatic rings. The van der Waals surface area contributed by atoms with E-state index in [9.17, 15) is 13.2 Å². The lowest BCUT2D eigenvalue weighted by Gasteiger charge is -2.23. The van der Waals surface area contributed by atoms with Crippen LogP contribution in [0.4, 0.5) is 36.3 Å². The molecule has 192 valence electrons. The van der Waals surface area contributed by atoms with Crippen LogP contribution in [0.1, 0.15) is 57.4 Å². The normalized spacial score (nSPS) is 14.3. The lowest BCUT2D eigenvalue weighted by atomic mass is 9.98. The minimum absolute atomic E-state index is 0.0378. The van der Waals surface area contributed by atoms with Crippen LogP contribution < -0.4 is 20.1 Å². The Morgan fingerprint density at radius 1 is 0.972 bits per heavy atom. The molecule has 6 nitrogen and oxygen atoms in total. The summed E-state index contributed by atoms with van der Waals surface area (Å²) in [5.41, 5.74) is 0.0700. The summed E-state index contributed by atoms with van der Waals surface area (Å²) >= 11 is 0. The first-order valence-electron chi connectivity index (χ1n) is 12.4. The Balaban J connectivity index is 1.51. The molecule has 3 aromatic rings. The van der Waals surface area contributed by atoms with Crippen LogP contribution >= 0.6 is 0 Å². The highest BCUT2D eigenvalue weighted by molar-refractivity contribution is 5.67. The first-order chi connectivity index (χ1) is 17.4. The quantitative estimate of drug-likeness (QED) is 0.276. The van der Waals surface area contributed by atoms with Gasteiger partial charge in [0, 0.05) is 11.9 Å². The van der Waals surface area contributed by atoms with Gasteiger partial charge in [0.1, 0.15) is 22.9 Å². The van der Waals surface area contributed by atoms with Gasteiger partial charge in [0.15, 0.2) is 0 Å². The summed E-state index contributed by atoms with van der Waals surface area (Å²) in [5, 5.41) is 5.78. The molecule has 36 heavy (non-hydrogen) atoms. The zero-order valence-corrected chi connectivity index (χ0v) is 20.3. The van der Waals surface area contributed by atoms with Crippen LogP contribution in [0.15, 0.2) is 54.7 Å². The average Bonchev–Trinajstić information content (AvgIpc) is 2.86. The van der Waals surface area contributed by atoms with E-state index >= 15 is 0 Å². The molecule has 0 bridgehead atoms. The maximum atomic E-state index is 13.7. The summed E-state index contributed by atoms with van der Waals surface area (Å²) in [6.45, 7) is 2.51. The number of unbranched alkanes of at least 4 members (excludes halogenated alkanes) is 1. The highest BCUT2D eigenvalue weighted by atomic mass is 19.4. The van der Waals surface area contributed by atoms with E-state index in [2.05, 4.69) is 20.6 Å². The average molecular weight is 501 g/mol. The number of rotatable bonds is 10. The van der Waals surface area contributed by atoms with Crippen molar-refractivity contribution in [2.45, 2.75) is 64.1 Å². The van der Waals surface area contributed by atoms with Crippen molar-refractivity contribution < 1.29 is 22.6 Å². The molecule has 1 saturated carbocycles. The molecule has 0 unspecified atom stereocenters. The minimum atomic E-state index is -4.63. The summed E-state index contributed by atoms with van der Waals surface area (Å²) in [6.07, 6.45) is 3.90. The number of nitrogens with zero attached hydrogens (tertiary/aromatic N) is 2. The number of anilines is 4. The van der Waals surface area contributed by atoms with Crippen molar-refractivity contribution in [3.8, 4) is 11.5 Å². The zero-order valence-electron chi connectivity index (χ0n) is 20.3. The standard InChI is InChI=1S/C27H31F3N4O2/c1-2-3-17-35-24-12-8-7-11-23(24)33-25-22(27(28,29)30)18-31-26(34-25)32-19-13-15-21(16-14-19)36-20-9-5-4-6-10-20/h7-8,11-16,18,20H,2-6,9-10,17H2,1H3,(H2,31,32,33,34). The van der Waals surface area contributed by atoms with Crippen LogP contribution in [-0.4, -0.2) is 22.7 Å². The van der Waals surface area contributed by atoms with Gasteiger partial charge in [0.2, 0.25) is 5.95 Å². The molecule has 1 aliphatic carbocycles. The van der Waals surface area contributed by atoms with Crippen LogP contribution in [0.3, 0.4) is 0 Å². The van der Waals surface area contributed by atoms with Crippen molar-refractivity contribution in [2.24, 2.45) is 0 Å². The maximum Gasteiger partial charge on any atom is 0.421 e. The molecular formula is C27H31F3N4O2. The van der Waals surface area contributed by atoms with E-state index in [1.165, 1.54) is 19.3 Å². The number of hydrogen-bond acceptors (Lipinski definition) is 6. The number of aromatic nitrogens is 2. The topological polar surface area (TPSA) is 68.3 Å². The van der Waals surface area contributed by atoms with E-state index in [0.29, 0.717) is 23.7 Å². The van der Waals surface area contributed by atoms with Crippen molar-refractivity contribution in [1.82, 2.24) is 9.97 Å². The van der Waals surface area contributed by atoms with Gasteiger partial charge in [0.05, 0.1) is 18.4 Å². The van der Waals surface area contributed by atoms with Crippen molar-refractivity contribution >= 4 is 23.1 Å². The first kappa shape index (κ1) is 25.6. The number of benzene rings is 2. The SMILES string of the molecule is CCCCOc1ccccc1Nc1nc(Nc2ccc(OC3CCCCC3)cc2)ncc1C(F)(F)F. The molecule has 1 heterocycles. The van der Waals surface area contributed by atoms with Gasteiger partial charge in [-0.2, -0.15) is 18.2 Å². The third-order valence-electron chi connectivity index (χ3n) is 5.96. The fourth-order valence-corrected chi connectivity index (χ4v) is 4.02. The smallest absolute Gasteiger partial charge is 0.421 e. The molecule has 1 aromatic heterocycles. The number of alkyl halides is 3. The van der Waals surface area contributed by atoms with E-state index in [1.54, 1.807) is 36.4 Å². The first-order valence-corrected chi connectivity index (χ1v) is 12.4. The molecule has 1 fully saturated rings. The van der Waals surface area contributed by atoms with Gasteiger partial charge in [-0.05, 0) is 68.5 Å². The van der Waals surface area contributed by atoms with Gasteiger partial charge >= 0.3 is 6.18 Å². The molecule has 2 N–H and O–H groups in total. The largest absolute Gasteiger partial charge is 0.491 e. The fraction of sp³-hybridized carbons (Fsp3) is 0.407. The van der Waals surface area contributed by atoms with Gasteiger partial charge < -0.3 is 20.1 Å². The van der Waals surface area contributed by atoms with Gasteiger partial charge in [0.25, 0.3) is 0 Å². The van der Waals surface area contributed by atoms with Crippen molar-refractivity contribution in [3.63, 3.8) is 0 Å². The van der Waals surface area contributed by atoms with E-state index < -0.39 is 11.7 Å². The lowest BCUT2D eigenvalue weighted by molar-refractivity contribution is -0.137. The molecular weight excluding hydrogens is 469 g/mol. The van der Waals surface area contributed by atoms with Gasteiger partial charge in [-0.3, -0.25) is 0 Å². The molecule has 9 heteroatoms. The van der Waals surface area contributed by atoms with E-state index in [1.807, 2.05) is 19.1 Å². The van der Waals surface area contributed by atoms with Gasteiger partial charge in [-0.1, -0.05) is 31.9 Å². The maximum absolute atomic E-state index is 13.7. The summed E-state index contributed by atoms with van der Waals surface area (Å²) in [4.78, 5) is 8.04. The van der Waals surface area contributed by atoms with Gasteiger partial charge in [-0.25, -0.2) is 4.98 Å². The van der Waals surface area contributed by atoms with Crippen molar-refractivity contribution in [3.05, 3.63) is 60.3 Å². The van der Waals surface area contributed by atoms with E-state index in [4.69, 9.17) is 9.47 Å². The predicted octanol–water partition coefficient (Wildman–Crippen LogP) is 7.87. The van der Waals surface area contributed by atoms with Crippen LogP contribution in [0, 0.1) is 0 Å². The van der Waals surface area contributed by atoms with Crippen LogP contribution in [0.25, 0.3) is 0 Å². The minimum Gasteiger partial charge on any atom is -0.491 e. The van der Waals surface area contributed by atoms with E-state index in [0.717, 1.165) is 37.6 Å². The molecule has 0 radical (unpaired) electrons. The van der Waals surface area contributed by atoms with Crippen LogP contribution in [0.2, 0.25) is 0 Å². The number of halogens is 3. The molecule has 0 spiro atoms. The number of nitrogens with one attached hydrogen (secondary N) is 2. The summed E-state index contributed by atoms with van der Waals surface area (Å²) < 4.78 is 52.9. The molecule has 4 rings (SSSR count). The third-order valence-corrected chi connectivity index (χ3v) is 5.96. The summed E-state index contributed by atoms with van der Waals surface area (Å²) in [5.74, 6) is 0.906. The molecule has 0 saturated heterocycles. The van der Waals surface area contributed by atoms with Crippen LogP contribution in [-0.2, 0) is 6.18 Å². The Morgan fingerprint density at radius 2 is 1.72 bits per heavy atom. The van der Waals surface area contributed by atoms with Crippen molar-refractivity contribution in [1.29, 1.82) is 0 Å². The van der Waals surface area contributed by atoms with Crippen LogP contribution in [0.5, 0.6) is 11.5 Å². The highest BCUT2D eigenvalue weighted by Crippen LogP contribution is 2.37. The number of para-hydroxylation sites is 2. The second-order valence-corrected chi connectivity index (χ2v) is 8.80. The Bertz CT molecular complexity index is 1120. The second kappa shape index (κ2) is 12.0. The molecule has 2 aromatic carbocycles. The summed E-state index contributed by atoms with van der Waals surface area (Å²) in [7, 11) is 0. The molecule has 0 aliphatic heterocycles. The lowest BCUT2D eigenvalue weighted by Crippen LogP contribution is -2.19. The van der Waals surface area contributed by atoms with Crippen molar-refractivity contribution in [2.75, 3.05) is 17.2 Å². The Labute approximate surface area is 209 Å². The monoisotopic (exact) mass is 500 g/mol.